The van der Waals surface area contributed by atoms with Crippen LogP contribution < -0.4 is 16.1 Å². The molecule has 0 saturated heterocycles. The molecule has 1 aromatic rings. The Labute approximate surface area is 82.8 Å². The second kappa shape index (κ2) is 3.70. The van der Waals surface area contributed by atoms with Crippen LogP contribution in [-0.2, 0) is 0 Å². The number of para-hydroxylation sites is 1. The average Bonchev–Trinajstić information content (AvgIpc) is 2.64. The molecule has 5 heteroatoms. The lowest BCUT2D eigenvalue weighted by atomic mass is 9.94. The van der Waals surface area contributed by atoms with E-state index in [1.165, 1.54) is 6.07 Å². The molecule has 0 aliphatic carbocycles. The normalized spacial score (nSPS) is 14.8. The van der Waals surface area contributed by atoms with Crippen molar-refractivity contribution >= 4 is 25.0 Å². The van der Waals surface area contributed by atoms with Crippen LogP contribution in [0.5, 0.6) is 0 Å². The van der Waals surface area contributed by atoms with Crippen molar-refractivity contribution in [1.29, 1.82) is 0 Å². The third-order valence-electron chi connectivity index (χ3n) is 1.96. The van der Waals surface area contributed by atoms with Crippen LogP contribution in [0.15, 0.2) is 23.2 Å². The summed E-state index contributed by atoms with van der Waals surface area (Å²) in [5.74, 6) is 0.197. The Bertz CT molecular complexity index is 358. The number of aliphatic imine (C=N–C) groups is 1. The van der Waals surface area contributed by atoms with E-state index in [1.54, 1.807) is 12.1 Å². The summed E-state index contributed by atoms with van der Waals surface area (Å²) in [6.07, 6.45) is 0. The SMILES string of the molecule is [B]c1cccc(F)c1NC1=NCCN1. The van der Waals surface area contributed by atoms with Crippen LogP contribution in [0.3, 0.4) is 0 Å². The Morgan fingerprint density at radius 3 is 3.00 bits per heavy atom. The molecule has 1 aliphatic heterocycles. The minimum absolute atomic E-state index is 0.278. The zero-order valence-corrected chi connectivity index (χ0v) is 7.55. The largest absolute Gasteiger partial charge is 0.354 e. The van der Waals surface area contributed by atoms with E-state index in [1.807, 2.05) is 0 Å². The fourth-order valence-corrected chi connectivity index (χ4v) is 1.27. The summed E-state index contributed by atoms with van der Waals surface area (Å²) in [7, 11) is 5.61. The van der Waals surface area contributed by atoms with Crippen molar-refractivity contribution in [2.24, 2.45) is 4.99 Å². The van der Waals surface area contributed by atoms with Crippen molar-refractivity contribution in [2.45, 2.75) is 0 Å². The summed E-state index contributed by atoms with van der Waals surface area (Å²) < 4.78 is 13.3. The van der Waals surface area contributed by atoms with E-state index in [-0.39, 0.29) is 11.5 Å². The van der Waals surface area contributed by atoms with Crippen LogP contribution in [-0.4, -0.2) is 26.9 Å². The molecular formula is C9H9BFN3. The monoisotopic (exact) mass is 189 g/mol. The highest BCUT2D eigenvalue weighted by Crippen LogP contribution is 2.09. The van der Waals surface area contributed by atoms with Gasteiger partial charge in [0.2, 0.25) is 0 Å². The maximum absolute atomic E-state index is 13.3. The molecule has 0 bridgehead atoms. The number of rotatable bonds is 1. The van der Waals surface area contributed by atoms with Crippen molar-refractivity contribution in [3.8, 4) is 0 Å². The predicted molar refractivity (Wildman–Crippen MR) is 55.7 cm³/mol. The fraction of sp³-hybridized carbons (Fsp3) is 0.222. The van der Waals surface area contributed by atoms with Gasteiger partial charge >= 0.3 is 0 Å². The lowest BCUT2D eigenvalue weighted by molar-refractivity contribution is 0.633. The first kappa shape index (κ1) is 9.06. The van der Waals surface area contributed by atoms with E-state index in [0.717, 1.165) is 6.54 Å². The van der Waals surface area contributed by atoms with Gasteiger partial charge in [-0.2, -0.15) is 0 Å². The van der Waals surface area contributed by atoms with Crippen molar-refractivity contribution in [3.05, 3.63) is 24.0 Å². The second-order valence-electron chi connectivity index (χ2n) is 2.99. The summed E-state index contributed by atoms with van der Waals surface area (Å²) in [5, 5.41) is 5.79. The maximum atomic E-state index is 13.3. The molecule has 1 aliphatic rings. The Morgan fingerprint density at radius 1 is 1.50 bits per heavy atom. The molecule has 14 heavy (non-hydrogen) atoms. The minimum Gasteiger partial charge on any atom is -0.354 e. The molecular weight excluding hydrogens is 180 g/mol. The van der Waals surface area contributed by atoms with Gasteiger partial charge in [0, 0.05) is 6.54 Å². The molecule has 1 aromatic carbocycles. The van der Waals surface area contributed by atoms with Crippen LogP contribution in [0.1, 0.15) is 0 Å². The first-order valence-corrected chi connectivity index (χ1v) is 4.37. The Morgan fingerprint density at radius 2 is 2.36 bits per heavy atom. The zero-order valence-electron chi connectivity index (χ0n) is 7.55. The minimum atomic E-state index is -0.374. The summed E-state index contributed by atoms with van der Waals surface area (Å²) >= 11 is 0. The van der Waals surface area contributed by atoms with Gasteiger partial charge < -0.3 is 10.6 Å². The van der Waals surface area contributed by atoms with Crippen molar-refractivity contribution in [3.63, 3.8) is 0 Å². The average molecular weight is 189 g/mol. The van der Waals surface area contributed by atoms with Gasteiger partial charge in [-0.05, 0) is 6.07 Å². The van der Waals surface area contributed by atoms with E-state index in [4.69, 9.17) is 7.85 Å². The number of halogens is 1. The lowest BCUT2D eigenvalue weighted by Gasteiger charge is -2.10. The van der Waals surface area contributed by atoms with Crippen molar-refractivity contribution in [2.75, 3.05) is 18.4 Å². The first-order valence-electron chi connectivity index (χ1n) is 4.37. The molecule has 3 nitrogen and oxygen atoms in total. The third kappa shape index (κ3) is 1.71. The molecule has 0 fully saturated rings. The number of nitrogens with zero attached hydrogens (tertiary/aromatic N) is 1. The summed E-state index contributed by atoms with van der Waals surface area (Å²) in [6.45, 7) is 1.48. The van der Waals surface area contributed by atoms with Crippen molar-refractivity contribution in [1.82, 2.24) is 5.32 Å². The van der Waals surface area contributed by atoms with Crippen LogP contribution in [0.4, 0.5) is 10.1 Å². The lowest BCUT2D eigenvalue weighted by Crippen LogP contribution is -2.29. The quantitative estimate of drug-likeness (QED) is 0.609. The van der Waals surface area contributed by atoms with Crippen LogP contribution in [0, 0.1) is 5.82 Å². The summed E-state index contributed by atoms with van der Waals surface area (Å²) in [5.41, 5.74) is 0.655. The van der Waals surface area contributed by atoms with Gasteiger partial charge in [-0.3, -0.25) is 4.99 Å². The van der Waals surface area contributed by atoms with E-state index >= 15 is 0 Å². The van der Waals surface area contributed by atoms with Gasteiger partial charge in [0.15, 0.2) is 5.96 Å². The number of guanidine groups is 1. The van der Waals surface area contributed by atoms with Crippen LogP contribution in [0.25, 0.3) is 0 Å². The first-order chi connectivity index (χ1) is 6.77. The smallest absolute Gasteiger partial charge is 0.195 e. The van der Waals surface area contributed by atoms with E-state index < -0.39 is 0 Å². The van der Waals surface area contributed by atoms with E-state index in [0.29, 0.717) is 18.0 Å². The number of nitrogens with one attached hydrogen (secondary N) is 2. The highest BCUT2D eigenvalue weighted by molar-refractivity contribution is 6.36. The molecule has 0 saturated carbocycles. The van der Waals surface area contributed by atoms with E-state index in [2.05, 4.69) is 15.6 Å². The molecule has 0 atom stereocenters. The Kier molecular flexibility index (Phi) is 2.39. The molecule has 2 N–H and O–H groups in total. The zero-order chi connectivity index (χ0) is 9.97. The standard InChI is InChI=1S/C9H9BFN3/c10-6-2-1-3-7(11)8(6)14-9-12-4-5-13-9/h1-3H,4-5H2,(H2,12,13,14). The third-order valence-corrected chi connectivity index (χ3v) is 1.96. The van der Waals surface area contributed by atoms with E-state index in [9.17, 15) is 4.39 Å². The summed E-state index contributed by atoms with van der Waals surface area (Å²) in [4.78, 5) is 4.09. The Balaban J connectivity index is 2.23. The molecule has 0 aromatic heterocycles. The van der Waals surface area contributed by atoms with Gasteiger partial charge in [0.25, 0.3) is 0 Å². The molecule has 0 amide bonds. The van der Waals surface area contributed by atoms with Gasteiger partial charge in [-0.1, -0.05) is 17.6 Å². The second-order valence-corrected chi connectivity index (χ2v) is 2.99. The van der Waals surface area contributed by atoms with Gasteiger partial charge in [0.1, 0.15) is 13.7 Å². The highest BCUT2D eigenvalue weighted by atomic mass is 19.1. The molecule has 2 radical (unpaired) electrons. The molecule has 70 valence electrons. The number of hydrogen-bond donors (Lipinski definition) is 2. The molecule has 2 rings (SSSR count). The van der Waals surface area contributed by atoms with Gasteiger partial charge in [-0.15, -0.1) is 0 Å². The number of anilines is 1. The molecule has 0 unspecified atom stereocenters. The van der Waals surface area contributed by atoms with Crippen LogP contribution in [0.2, 0.25) is 0 Å². The Hall–Kier alpha value is -1.52. The van der Waals surface area contributed by atoms with Crippen LogP contribution >= 0.6 is 0 Å². The maximum Gasteiger partial charge on any atom is 0.195 e. The predicted octanol–water partition coefficient (Wildman–Crippen LogP) is -0.00940. The summed E-state index contributed by atoms with van der Waals surface area (Å²) in [6, 6.07) is 4.56. The molecule has 0 spiro atoms. The fourth-order valence-electron chi connectivity index (χ4n) is 1.27. The number of hydrogen-bond acceptors (Lipinski definition) is 3. The number of benzene rings is 1. The van der Waals surface area contributed by atoms with Gasteiger partial charge in [-0.25, -0.2) is 4.39 Å². The topological polar surface area (TPSA) is 36.4 Å². The highest BCUT2D eigenvalue weighted by Gasteiger charge is 2.09. The van der Waals surface area contributed by atoms with Gasteiger partial charge in [0.05, 0.1) is 12.2 Å². The molecule has 1 heterocycles. The van der Waals surface area contributed by atoms with Crippen molar-refractivity contribution < 1.29 is 4.39 Å².